The summed E-state index contributed by atoms with van der Waals surface area (Å²) in [5.41, 5.74) is 6.08. The fourth-order valence-electron chi connectivity index (χ4n) is 4.09. The van der Waals surface area contributed by atoms with Gasteiger partial charge in [-0.25, -0.2) is 4.98 Å². The van der Waals surface area contributed by atoms with E-state index in [0.29, 0.717) is 23.4 Å². The third-order valence-electron chi connectivity index (χ3n) is 5.58. The van der Waals surface area contributed by atoms with E-state index >= 15 is 0 Å². The van der Waals surface area contributed by atoms with Crippen LogP contribution in [0.3, 0.4) is 0 Å². The standard InChI is InChI=1S/C18H27N3O3S.BrH/c19-17(24)15-16(25-18(21-15)13-7-9-20-10-8-13)12-4-1-11(2-5-12)3-6-14(22)23;/h11-13,20H,1-10H2,(H2,19,24)(H,22,23);1H. The molecule has 1 saturated carbocycles. The van der Waals surface area contributed by atoms with Crippen molar-refractivity contribution in [2.24, 2.45) is 11.7 Å². The molecular formula is C18H28BrN3O3S. The van der Waals surface area contributed by atoms with Crippen molar-refractivity contribution in [1.29, 1.82) is 0 Å². The number of carbonyl (C=O) groups is 2. The highest BCUT2D eigenvalue weighted by Crippen LogP contribution is 2.42. The first-order chi connectivity index (χ1) is 12.0. The van der Waals surface area contributed by atoms with E-state index in [0.717, 1.165) is 67.9 Å². The van der Waals surface area contributed by atoms with E-state index < -0.39 is 11.9 Å². The first-order valence-corrected chi connectivity index (χ1v) is 10.1. The molecule has 146 valence electrons. The zero-order chi connectivity index (χ0) is 17.8. The lowest BCUT2D eigenvalue weighted by Gasteiger charge is -2.27. The first-order valence-electron chi connectivity index (χ1n) is 9.27. The first kappa shape index (κ1) is 21.3. The van der Waals surface area contributed by atoms with Crippen molar-refractivity contribution >= 4 is 40.2 Å². The molecule has 6 nitrogen and oxygen atoms in total. The topological polar surface area (TPSA) is 105 Å². The van der Waals surface area contributed by atoms with Crippen LogP contribution in [0.15, 0.2) is 0 Å². The molecule has 1 aliphatic heterocycles. The zero-order valence-electron chi connectivity index (χ0n) is 14.9. The lowest BCUT2D eigenvalue weighted by Crippen LogP contribution is -2.26. The predicted octanol–water partition coefficient (Wildman–Crippen LogP) is 3.43. The molecule has 4 N–H and O–H groups in total. The lowest BCUT2D eigenvalue weighted by atomic mass is 9.79. The van der Waals surface area contributed by atoms with Gasteiger partial charge in [0, 0.05) is 17.2 Å². The maximum atomic E-state index is 11.9. The number of aromatic nitrogens is 1. The summed E-state index contributed by atoms with van der Waals surface area (Å²) < 4.78 is 0. The summed E-state index contributed by atoms with van der Waals surface area (Å²) in [6.45, 7) is 2.00. The summed E-state index contributed by atoms with van der Waals surface area (Å²) in [5.74, 6) is 0.134. The maximum Gasteiger partial charge on any atom is 0.303 e. The molecule has 0 spiro atoms. The van der Waals surface area contributed by atoms with Crippen molar-refractivity contribution in [2.45, 2.75) is 63.2 Å². The predicted molar refractivity (Wildman–Crippen MR) is 107 cm³/mol. The maximum absolute atomic E-state index is 11.9. The van der Waals surface area contributed by atoms with Gasteiger partial charge in [0.05, 0.1) is 5.01 Å². The van der Waals surface area contributed by atoms with Crippen molar-refractivity contribution in [3.05, 3.63) is 15.6 Å². The molecule has 2 heterocycles. The van der Waals surface area contributed by atoms with Crippen molar-refractivity contribution in [3.63, 3.8) is 0 Å². The van der Waals surface area contributed by atoms with Gasteiger partial charge in [0.1, 0.15) is 5.69 Å². The van der Waals surface area contributed by atoms with Crippen LogP contribution >= 0.6 is 28.3 Å². The SMILES string of the molecule is Br.NC(=O)c1nc(C2CCNCC2)sc1C1CCC(CCC(=O)O)CC1. The number of rotatable bonds is 6. The zero-order valence-corrected chi connectivity index (χ0v) is 17.4. The van der Waals surface area contributed by atoms with Crippen molar-refractivity contribution in [1.82, 2.24) is 10.3 Å². The van der Waals surface area contributed by atoms with Gasteiger partial charge in [-0.3, -0.25) is 9.59 Å². The number of amides is 1. The normalized spacial score (nSPS) is 24.0. The number of piperidine rings is 1. The highest BCUT2D eigenvalue weighted by molar-refractivity contribution is 8.93. The summed E-state index contributed by atoms with van der Waals surface area (Å²) in [4.78, 5) is 28.3. The van der Waals surface area contributed by atoms with Gasteiger partial charge < -0.3 is 16.2 Å². The van der Waals surface area contributed by atoms with E-state index in [1.807, 2.05) is 0 Å². The summed E-state index contributed by atoms with van der Waals surface area (Å²) in [6, 6.07) is 0. The molecule has 1 aromatic rings. The van der Waals surface area contributed by atoms with Crippen molar-refractivity contribution < 1.29 is 14.7 Å². The van der Waals surface area contributed by atoms with E-state index in [2.05, 4.69) is 10.3 Å². The minimum Gasteiger partial charge on any atom is -0.481 e. The third kappa shape index (κ3) is 5.27. The number of nitrogens with two attached hydrogens (primary N) is 1. The molecule has 2 fully saturated rings. The fraction of sp³-hybridized carbons (Fsp3) is 0.722. The van der Waals surface area contributed by atoms with E-state index in [-0.39, 0.29) is 23.4 Å². The fourth-order valence-corrected chi connectivity index (χ4v) is 5.50. The Kier molecular flexibility index (Phi) is 8.04. The molecule has 8 heteroatoms. The number of primary amides is 1. The van der Waals surface area contributed by atoms with Crippen LogP contribution in [0.2, 0.25) is 0 Å². The second kappa shape index (κ2) is 9.80. The summed E-state index contributed by atoms with van der Waals surface area (Å²) in [6.07, 6.45) is 7.18. The van der Waals surface area contributed by atoms with E-state index in [4.69, 9.17) is 10.8 Å². The van der Waals surface area contributed by atoms with Gasteiger partial charge in [0.2, 0.25) is 0 Å². The summed E-state index contributed by atoms with van der Waals surface area (Å²) in [5, 5.41) is 13.3. The second-order valence-electron chi connectivity index (χ2n) is 7.30. The minimum atomic E-state index is -0.716. The molecule has 1 aromatic heterocycles. The van der Waals surface area contributed by atoms with Gasteiger partial charge in [-0.15, -0.1) is 28.3 Å². The van der Waals surface area contributed by atoms with Crippen LogP contribution in [0.4, 0.5) is 0 Å². The van der Waals surface area contributed by atoms with Gasteiger partial charge in [0.15, 0.2) is 0 Å². The summed E-state index contributed by atoms with van der Waals surface area (Å²) >= 11 is 1.69. The Bertz CT molecular complexity index is 623. The smallest absolute Gasteiger partial charge is 0.303 e. The number of carboxylic acid groups (broad SMARTS) is 1. The average Bonchev–Trinajstić information content (AvgIpc) is 3.07. The Morgan fingerprint density at radius 2 is 1.77 bits per heavy atom. The van der Waals surface area contributed by atoms with Crippen LogP contribution in [0, 0.1) is 5.92 Å². The molecule has 1 saturated heterocycles. The molecule has 0 unspecified atom stereocenters. The Labute approximate surface area is 168 Å². The van der Waals surface area contributed by atoms with E-state index in [1.165, 1.54) is 0 Å². The molecule has 3 rings (SSSR count). The lowest BCUT2D eigenvalue weighted by molar-refractivity contribution is -0.137. The number of thiazole rings is 1. The molecule has 0 radical (unpaired) electrons. The molecule has 1 amide bonds. The monoisotopic (exact) mass is 445 g/mol. The van der Waals surface area contributed by atoms with Gasteiger partial charge in [-0.2, -0.15) is 0 Å². The largest absolute Gasteiger partial charge is 0.481 e. The molecule has 1 aliphatic carbocycles. The highest BCUT2D eigenvalue weighted by Gasteiger charge is 2.30. The molecule has 0 atom stereocenters. The van der Waals surface area contributed by atoms with Crippen LogP contribution in [0.1, 0.15) is 83.6 Å². The van der Waals surface area contributed by atoms with E-state index in [9.17, 15) is 9.59 Å². The number of halogens is 1. The van der Waals surface area contributed by atoms with Crippen LogP contribution in [-0.4, -0.2) is 35.1 Å². The number of aliphatic carboxylic acids is 1. The Balaban J connectivity index is 0.00000243. The molecule has 2 aliphatic rings. The second-order valence-corrected chi connectivity index (χ2v) is 8.37. The number of hydrogen-bond donors (Lipinski definition) is 3. The van der Waals surface area contributed by atoms with Gasteiger partial charge in [-0.05, 0) is 69.9 Å². The number of carboxylic acids is 1. The third-order valence-corrected chi connectivity index (χ3v) is 6.96. The van der Waals surface area contributed by atoms with Crippen molar-refractivity contribution in [3.8, 4) is 0 Å². The summed E-state index contributed by atoms with van der Waals surface area (Å²) in [7, 11) is 0. The number of hydrogen-bond acceptors (Lipinski definition) is 5. The quantitative estimate of drug-likeness (QED) is 0.621. The van der Waals surface area contributed by atoms with Crippen LogP contribution < -0.4 is 11.1 Å². The number of nitrogens with one attached hydrogen (secondary N) is 1. The minimum absolute atomic E-state index is 0. The Morgan fingerprint density at radius 1 is 1.12 bits per heavy atom. The highest BCUT2D eigenvalue weighted by atomic mass is 79.9. The van der Waals surface area contributed by atoms with Gasteiger partial charge >= 0.3 is 5.97 Å². The van der Waals surface area contributed by atoms with Crippen LogP contribution in [-0.2, 0) is 4.79 Å². The van der Waals surface area contributed by atoms with E-state index in [1.54, 1.807) is 11.3 Å². The average molecular weight is 446 g/mol. The van der Waals surface area contributed by atoms with Crippen molar-refractivity contribution in [2.75, 3.05) is 13.1 Å². The molecular weight excluding hydrogens is 418 g/mol. The Hall–Kier alpha value is -0.990. The van der Waals surface area contributed by atoms with Crippen LogP contribution in [0.25, 0.3) is 0 Å². The molecule has 0 bridgehead atoms. The molecule has 26 heavy (non-hydrogen) atoms. The van der Waals surface area contributed by atoms with Crippen LogP contribution in [0.5, 0.6) is 0 Å². The van der Waals surface area contributed by atoms with Gasteiger partial charge in [0.25, 0.3) is 5.91 Å². The Morgan fingerprint density at radius 3 is 2.35 bits per heavy atom. The number of carbonyl (C=O) groups excluding carboxylic acids is 1. The van der Waals surface area contributed by atoms with Gasteiger partial charge in [-0.1, -0.05) is 0 Å². The molecule has 0 aromatic carbocycles. The number of nitrogens with zero attached hydrogens (tertiary/aromatic N) is 1.